The average Bonchev–Trinajstić information content (AvgIpc) is 2.73. The average molecular weight is 263 g/mol. The van der Waals surface area contributed by atoms with Gasteiger partial charge in [0, 0.05) is 23.4 Å². The summed E-state index contributed by atoms with van der Waals surface area (Å²) in [4.78, 5) is 10.9. The van der Waals surface area contributed by atoms with Crippen LogP contribution >= 0.6 is 11.6 Å². The summed E-state index contributed by atoms with van der Waals surface area (Å²) in [6, 6.07) is 5.46. The molecule has 1 aromatic heterocycles. The van der Waals surface area contributed by atoms with Crippen molar-refractivity contribution in [2.24, 2.45) is 0 Å². The van der Waals surface area contributed by atoms with Gasteiger partial charge in [-0.2, -0.15) is 5.10 Å². The lowest BCUT2D eigenvalue weighted by Crippen LogP contribution is -2.00. The molecular weight excluding hydrogens is 248 g/mol. The zero-order valence-electron chi connectivity index (χ0n) is 10.5. The van der Waals surface area contributed by atoms with Gasteiger partial charge < -0.3 is 0 Å². The zero-order chi connectivity index (χ0) is 13.1. The van der Waals surface area contributed by atoms with E-state index < -0.39 is 0 Å². The number of carbonyl (C=O) groups excluding carboxylic acids is 1. The van der Waals surface area contributed by atoms with Gasteiger partial charge in [-0.1, -0.05) is 24.6 Å². The summed E-state index contributed by atoms with van der Waals surface area (Å²) in [5.41, 5.74) is 3.64. The lowest BCUT2D eigenvalue weighted by molar-refractivity contribution is 0.112. The second-order valence-electron chi connectivity index (χ2n) is 4.22. The fraction of sp³-hybridized carbons (Fsp3) is 0.286. The second-order valence-corrected chi connectivity index (χ2v) is 4.63. The van der Waals surface area contributed by atoms with Crippen molar-refractivity contribution in [1.82, 2.24) is 9.78 Å². The Morgan fingerprint density at radius 1 is 1.44 bits per heavy atom. The third-order valence-corrected chi connectivity index (χ3v) is 3.32. The number of nitrogens with zero attached hydrogens (tertiary/aromatic N) is 2. The Morgan fingerprint density at radius 2 is 2.22 bits per heavy atom. The van der Waals surface area contributed by atoms with Gasteiger partial charge in [0.15, 0.2) is 6.29 Å². The van der Waals surface area contributed by atoms with Gasteiger partial charge >= 0.3 is 0 Å². The SMILES string of the molecule is CCCn1ncc(-c2ccc(Cl)c(C=O)c2)c1C. The Morgan fingerprint density at radius 3 is 2.89 bits per heavy atom. The lowest BCUT2D eigenvalue weighted by atomic mass is 10.0. The molecular formula is C14H15ClN2O. The van der Waals surface area contributed by atoms with Crippen molar-refractivity contribution in [2.45, 2.75) is 26.8 Å². The number of benzene rings is 1. The third kappa shape index (κ3) is 2.31. The van der Waals surface area contributed by atoms with Gasteiger partial charge in [0.2, 0.25) is 0 Å². The number of hydrogen-bond donors (Lipinski definition) is 0. The number of aryl methyl sites for hydroxylation is 1. The maximum absolute atomic E-state index is 10.9. The van der Waals surface area contributed by atoms with Crippen molar-refractivity contribution in [3.63, 3.8) is 0 Å². The fourth-order valence-corrected chi connectivity index (χ4v) is 2.13. The molecule has 0 N–H and O–H groups in total. The third-order valence-electron chi connectivity index (χ3n) is 2.97. The summed E-state index contributed by atoms with van der Waals surface area (Å²) in [5, 5.41) is 4.83. The van der Waals surface area contributed by atoms with Crippen LogP contribution in [0.25, 0.3) is 11.1 Å². The Labute approximate surface area is 111 Å². The number of carbonyl (C=O) groups is 1. The highest BCUT2D eigenvalue weighted by atomic mass is 35.5. The van der Waals surface area contributed by atoms with E-state index in [0.29, 0.717) is 10.6 Å². The summed E-state index contributed by atoms with van der Waals surface area (Å²) in [5.74, 6) is 0. The highest BCUT2D eigenvalue weighted by molar-refractivity contribution is 6.33. The van der Waals surface area contributed by atoms with Crippen LogP contribution in [0.3, 0.4) is 0 Å². The van der Waals surface area contributed by atoms with Gasteiger partial charge in [-0.15, -0.1) is 0 Å². The van der Waals surface area contributed by atoms with Crippen LogP contribution in [0, 0.1) is 6.92 Å². The second kappa shape index (κ2) is 5.36. The van der Waals surface area contributed by atoms with Gasteiger partial charge in [0.1, 0.15) is 0 Å². The summed E-state index contributed by atoms with van der Waals surface area (Å²) in [6.45, 7) is 5.06. The fourth-order valence-electron chi connectivity index (χ4n) is 1.97. The molecule has 0 saturated carbocycles. The van der Waals surface area contributed by atoms with E-state index in [1.54, 1.807) is 12.1 Å². The van der Waals surface area contributed by atoms with Gasteiger partial charge in [0.25, 0.3) is 0 Å². The van der Waals surface area contributed by atoms with Crippen LogP contribution in [0.15, 0.2) is 24.4 Å². The van der Waals surface area contributed by atoms with Crippen LogP contribution in [0.4, 0.5) is 0 Å². The first kappa shape index (κ1) is 12.8. The number of rotatable bonds is 4. The van der Waals surface area contributed by atoms with Crippen LogP contribution in [-0.2, 0) is 6.54 Å². The van der Waals surface area contributed by atoms with Crippen LogP contribution in [0.2, 0.25) is 5.02 Å². The maximum Gasteiger partial charge on any atom is 0.151 e. The molecule has 3 nitrogen and oxygen atoms in total. The number of hydrogen-bond acceptors (Lipinski definition) is 2. The van der Waals surface area contributed by atoms with E-state index >= 15 is 0 Å². The largest absolute Gasteiger partial charge is 0.298 e. The summed E-state index contributed by atoms with van der Waals surface area (Å²) in [7, 11) is 0. The normalized spacial score (nSPS) is 10.6. The molecule has 1 heterocycles. The van der Waals surface area contributed by atoms with E-state index in [9.17, 15) is 4.79 Å². The molecule has 0 fully saturated rings. The molecule has 1 aromatic carbocycles. The van der Waals surface area contributed by atoms with Crippen LogP contribution in [0.5, 0.6) is 0 Å². The van der Waals surface area contributed by atoms with Gasteiger partial charge in [0.05, 0.1) is 11.2 Å². The number of aldehydes is 1. The van der Waals surface area contributed by atoms with E-state index in [0.717, 1.165) is 36.1 Å². The molecule has 0 aliphatic heterocycles. The van der Waals surface area contributed by atoms with E-state index in [-0.39, 0.29) is 0 Å². The Bertz CT molecular complexity index is 575. The molecule has 0 saturated heterocycles. The Hall–Kier alpha value is -1.61. The van der Waals surface area contributed by atoms with Crippen molar-refractivity contribution < 1.29 is 4.79 Å². The molecule has 0 aliphatic carbocycles. The molecule has 0 unspecified atom stereocenters. The Balaban J connectivity index is 2.45. The lowest BCUT2D eigenvalue weighted by Gasteiger charge is -2.05. The molecule has 0 radical (unpaired) electrons. The highest BCUT2D eigenvalue weighted by Crippen LogP contribution is 2.26. The first-order valence-electron chi connectivity index (χ1n) is 5.95. The van der Waals surface area contributed by atoms with E-state index in [4.69, 9.17) is 11.6 Å². The summed E-state index contributed by atoms with van der Waals surface area (Å²) < 4.78 is 1.98. The van der Waals surface area contributed by atoms with Gasteiger partial charge in [-0.05, 0) is 31.0 Å². The van der Waals surface area contributed by atoms with Crippen molar-refractivity contribution in [1.29, 1.82) is 0 Å². The smallest absolute Gasteiger partial charge is 0.151 e. The quantitative estimate of drug-likeness (QED) is 0.787. The van der Waals surface area contributed by atoms with Crippen molar-refractivity contribution in [3.8, 4) is 11.1 Å². The molecule has 2 aromatic rings. The molecule has 0 spiro atoms. The number of halogens is 1. The monoisotopic (exact) mass is 262 g/mol. The topological polar surface area (TPSA) is 34.9 Å². The minimum absolute atomic E-state index is 0.479. The van der Waals surface area contributed by atoms with Crippen LogP contribution in [-0.4, -0.2) is 16.1 Å². The maximum atomic E-state index is 10.9. The molecule has 18 heavy (non-hydrogen) atoms. The predicted octanol–water partition coefficient (Wildman–Crippen LogP) is 3.73. The predicted molar refractivity (Wildman–Crippen MR) is 73.1 cm³/mol. The molecule has 0 atom stereocenters. The van der Waals surface area contributed by atoms with Crippen molar-refractivity contribution in [2.75, 3.05) is 0 Å². The number of aromatic nitrogens is 2. The molecule has 0 aliphatic rings. The summed E-state index contributed by atoms with van der Waals surface area (Å²) >= 11 is 5.93. The Kier molecular flexibility index (Phi) is 3.82. The highest BCUT2D eigenvalue weighted by Gasteiger charge is 2.09. The van der Waals surface area contributed by atoms with E-state index in [1.165, 1.54) is 0 Å². The molecule has 0 amide bonds. The minimum Gasteiger partial charge on any atom is -0.298 e. The summed E-state index contributed by atoms with van der Waals surface area (Å²) in [6.07, 6.45) is 3.66. The van der Waals surface area contributed by atoms with Gasteiger partial charge in [-0.3, -0.25) is 9.48 Å². The molecule has 2 rings (SSSR count). The van der Waals surface area contributed by atoms with Crippen LogP contribution < -0.4 is 0 Å². The van der Waals surface area contributed by atoms with E-state index in [2.05, 4.69) is 12.0 Å². The van der Waals surface area contributed by atoms with Crippen LogP contribution in [0.1, 0.15) is 29.4 Å². The molecule has 0 bridgehead atoms. The molecule has 4 heteroatoms. The molecule has 94 valence electrons. The first-order chi connectivity index (χ1) is 8.67. The van der Waals surface area contributed by atoms with E-state index in [1.807, 2.05) is 23.9 Å². The van der Waals surface area contributed by atoms with Crippen molar-refractivity contribution in [3.05, 3.63) is 40.7 Å². The van der Waals surface area contributed by atoms with Crippen molar-refractivity contribution >= 4 is 17.9 Å². The van der Waals surface area contributed by atoms with Gasteiger partial charge in [-0.25, -0.2) is 0 Å². The minimum atomic E-state index is 0.479. The standard InChI is InChI=1S/C14H15ClN2O/c1-3-6-17-10(2)13(8-16-17)11-4-5-14(15)12(7-11)9-18/h4-5,7-9H,3,6H2,1-2H3. The first-order valence-corrected chi connectivity index (χ1v) is 6.32. The zero-order valence-corrected chi connectivity index (χ0v) is 11.2.